The van der Waals surface area contributed by atoms with E-state index >= 15 is 0 Å². The number of hydrogen-bond acceptors (Lipinski definition) is 6. The van der Waals surface area contributed by atoms with Crippen LogP contribution in [0, 0.1) is 11.3 Å². The van der Waals surface area contributed by atoms with Crippen molar-refractivity contribution in [2.45, 2.75) is 39.3 Å². The summed E-state index contributed by atoms with van der Waals surface area (Å²) in [6.07, 6.45) is -4.02. The Morgan fingerprint density at radius 3 is 2.59 bits per heavy atom. The number of halogens is 3. The first kappa shape index (κ1) is 22.1. The summed E-state index contributed by atoms with van der Waals surface area (Å²) in [6, 6.07) is 4.76. The highest BCUT2D eigenvalue weighted by molar-refractivity contribution is 5.92. The number of nitrogens with zero attached hydrogens (tertiary/aromatic N) is 1. The van der Waals surface area contributed by atoms with Crippen molar-refractivity contribution < 1.29 is 32.2 Å². The SMILES string of the molecule is CCCOc1ccc(C(F)(F)F)cc1C1C(C#N)=C(N)OC(C)=C1C(=O)OCC. The van der Waals surface area contributed by atoms with E-state index in [-0.39, 0.29) is 47.3 Å². The maximum atomic E-state index is 13.4. The van der Waals surface area contributed by atoms with Crippen LogP contribution in [0.25, 0.3) is 0 Å². The van der Waals surface area contributed by atoms with Crippen molar-refractivity contribution in [2.24, 2.45) is 5.73 Å². The number of nitrogens with two attached hydrogens (primary N) is 1. The summed E-state index contributed by atoms with van der Waals surface area (Å²) in [6.45, 7) is 5.12. The summed E-state index contributed by atoms with van der Waals surface area (Å²) < 4.78 is 56.0. The molecule has 1 atom stereocenters. The predicted octanol–water partition coefficient (Wildman–Crippen LogP) is 4.14. The molecule has 1 aromatic carbocycles. The van der Waals surface area contributed by atoms with E-state index in [0.29, 0.717) is 6.42 Å². The minimum absolute atomic E-state index is 0.0153. The number of benzene rings is 1. The van der Waals surface area contributed by atoms with Crippen LogP contribution in [0.2, 0.25) is 0 Å². The van der Waals surface area contributed by atoms with Crippen LogP contribution in [0.3, 0.4) is 0 Å². The zero-order valence-corrected chi connectivity index (χ0v) is 16.2. The Balaban J connectivity index is 2.77. The first-order valence-electron chi connectivity index (χ1n) is 8.95. The van der Waals surface area contributed by atoms with Gasteiger partial charge in [0.2, 0.25) is 5.88 Å². The predicted molar refractivity (Wildman–Crippen MR) is 97.2 cm³/mol. The number of ether oxygens (including phenoxy) is 3. The molecule has 1 heterocycles. The van der Waals surface area contributed by atoms with Crippen LogP contribution in [-0.4, -0.2) is 19.2 Å². The first-order valence-corrected chi connectivity index (χ1v) is 8.95. The van der Waals surface area contributed by atoms with E-state index in [4.69, 9.17) is 19.9 Å². The van der Waals surface area contributed by atoms with E-state index < -0.39 is 23.6 Å². The maximum absolute atomic E-state index is 13.4. The van der Waals surface area contributed by atoms with Crippen molar-refractivity contribution in [3.05, 3.63) is 52.1 Å². The molecule has 9 heteroatoms. The molecule has 0 saturated heterocycles. The molecule has 2 rings (SSSR count). The zero-order valence-electron chi connectivity index (χ0n) is 16.2. The van der Waals surface area contributed by atoms with Gasteiger partial charge in [0.15, 0.2) is 0 Å². The molecule has 2 N–H and O–H groups in total. The van der Waals surface area contributed by atoms with E-state index in [0.717, 1.165) is 12.1 Å². The van der Waals surface area contributed by atoms with Crippen LogP contribution in [-0.2, 0) is 20.4 Å². The molecular weight excluding hydrogens is 389 g/mol. The number of rotatable bonds is 6. The second kappa shape index (κ2) is 8.90. The number of carbonyl (C=O) groups is 1. The molecule has 0 bridgehead atoms. The monoisotopic (exact) mass is 410 g/mol. The van der Waals surface area contributed by atoms with Crippen molar-refractivity contribution >= 4 is 5.97 Å². The number of esters is 1. The molecule has 156 valence electrons. The Hall–Kier alpha value is -3.15. The standard InChI is InChI=1S/C20H21F3N2O4/c1-4-8-28-15-7-6-12(20(21,22)23)9-13(15)17-14(10-24)18(25)29-11(3)16(17)19(26)27-5-2/h6-7,9,17H,4-5,8,25H2,1-3H3. The fourth-order valence-corrected chi connectivity index (χ4v) is 2.96. The minimum atomic E-state index is -4.63. The van der Waals surface area contributed by atoms with Gasteiger partial charge >= 0.3 is 12.1 Å². The number of hydrogen-bond donors (Lipinski definition) is 1. The van der Waals surface area contributed by atoms with Crippen LogP contribution >= 0.6 is 0 Å². The average molecular weight is 410 g/mol. The van der Waals surface area contributed by atoms with Gasteiger partial charge in [-0.2, -0.15) is 18.4 Å². The number of allylic oxidation sites excluding steroid dienone is 2. The molecule has 0 fully saturated rings. The summed E-state index contributed by atoms with van der Waals surface area (Å²) in [5.41, 5.74) is 4.55. The Kier molecular flexibility index (Phi) is 6.80. The molecule has 0 saturated carbocycles. The molecule has 0 radical (unpaired) electrons. The molecular formula is C20H21F3N2O4. The normalized spacial score (nSPS) is 16.9. The van der Waals surface area contributed by atoms with Gasteiger partial charge in [-0.25, -0.2) is 4.79 Å². The smallest absolute Gasteiger partial charge is 0.416 e. The number of alkyl halides is 3. The second-order valence-corrected chi connectivity index (χ2v) is 6.21. The fourth-order valence-electron chi connectivity index (χ4n) is 2.96. The van der Waals surface area contributed by atoms with Crippen molar-refractivity contribution in [3.8, 4) is 11.8 Å². The second-order valence-electron chi connectivity index (χ2n) is 6.21. The van der Waals surface area contributed by atoms with Crippen molar-refractivity contribution in [1.29, 1.82) is 5.26 Å². The number of nitriles is 1. The Labute approximate surface area is 166 Å². The van der Waals surface area contributed by atoms with Gasteiger partial charge in [0.25, 0.3) is 0 Å². The summed E-state index contributed by atoms with van der Waals surface area (Å²) in [4.78, 5) is 12.6. The van der Waals surface area contributed by atoms with Crippen LogP contribution in [0.4, 0.5) is 13.2 Å². The summed E-state index contributed by atoms with van der Waals surface area (Å²) >= 11 is 0. The van der Waals surface area contributed by atoms with E-state index in [9.17, 15) is 23.2 Å². The lowest BCUT2D eigenvalue weighted by molar-refractivity contribution is -0.139. The zero-order chi connectivity index (χ0) is 21.8. The quantitative estimate of drug-likeness (QED) is 0.709. The molecule has 0 aromatic heterocycles. The lowest BCUT2D eigenvalue weighted by Crippen LogP contribution is -2.26. The van der Waals surface area contributed by atoms with Crippen molar-refractivity contribution in [1.82, 2.24) is 0 Å². The van der Waals surface area contributed by atoms with Crippen molar-refractivity contribution in [2.75, 3.05) is 13.2 Å². The highest BCUT2D eigenvalue weighted by Gasteiger charge is 2.40. The van der Waals surface area contributed by atoms with Gasteiger partial charge in [0, 0.05) is 5.56 Å². The molecule has 6 nitrogen and oxygen atoms in total. The molecule has 0 spiro atoms. The van der Waals surface area contributed by atoms with Gasteiger partial charge in [0.1, 0.15) is 23.2 Å². The van der Waals surface area contributed by atoms with Gasteiger partial charge in [-0.1, -0.05) is 6.92 Å². The van der Waals surface area contributed by atoms with Gasteiger partial charge < -0.3 is 19.9 Å². The van der Waals surface area contributed by atoms with Crippen LogP contribution in [0.15, 0.2) is 41.0 Å². The molecule has 1 aliphatic heterocycles. The van der Waals surface area contributed by atoms with Gasteiger partial charge in [0.05, 0.1) is 30.3 Å². The average Bonchev–Trinajstić information content (AvgIpc) is 2.65. The van der Waals surface area contributed by atoms with Crippen LogP contribution in [0.5, 0.6) is 5.75 Å². The van der Waals surface area contributed by atoms with E-state index in [2.05, 4.69) is 0 Å². The molecule has 1 unspecified atom stereocenters. The number of carbonyl (C=O) groups excluding carboxylic acids is 1. The highest BCUT2D eigenvalue weighted by Crippen LogP contribution is 2.45. The van der Waals surface area contributed by atoms with Crippen LogP contribution in [0.1, 0.15) is 44.2 Å². The summed E-state index contributed by atoms with van der Waals surface area (Å²) in [7, 11) is 0. The van der Waals surface area contributed by atoms with Crippen molar-refractivity contribution in [3.63, 3.8) is 0 Å². The molecule has 1 aromatic rings. The third-order valence-electron chi connectivity index (χ3n) is 4.21. The van der Waals surface area contributed by atoms with Gasteiger partial charge in [-0.15, -0.1) is 0 Å². The van der Waals surface area contributed by atoms with Gasteiger partial charge in [-0.05, 0) is 38.5 Å². The molecule has 1 aliphatic rings. The molecule has 29 heavy (non-hydrogen) atoms. The lowest BCUT2D eigenvalue weighted by Gasteiger charge is -2.28. The summed E-state index contributed by atoms with van der Waals surface area (Å²) in [5.74, 6) is -2.16. The maximum Gasteiger partial charge on any atom is 0.416 e. The largest absolute Gasteiger partial charge is 0.493 e. The molecule has 0 aliphatic carbocycles. The Morgan fingerprint density at radius 2 is 2.03 bits per heavy atom. The highest BCUT2D eigenvalue weighted by atomic mass is 19.4. The Morgan fingerprint density at radius 1 is 1.34 bits per heavy atom. The van der Waals surface area contributed by atoms with E-state index in [1.54, 1.807) is 6.92 Å². The lowest BCUT2D eigenvalue weighted by atomic mass is 9.82. The topological polar surface area (TPSA) is 94.6 Å². The van der Waals surface area contributed by atoms with E-state index in [1.165, 1.54) is 13.0 Å². The van der Waals surface area contributed by atoms with Crippen LogP contribution < -0.4 is 10.5 Å². The van der Waals surface area contributed by atoms with Gasteiger partial charge in [-0.3, -0.25) is 0 Å². The first-order chi connectivity index (χ1) is 13.6. The fraction of sp³-hybridized carbons (Fsp3) is 0.400. The minimum Gasteiger partial charge on any atom is -0.493 e. The third kappa shape index (κ3) is 4.65. The third-order valence-corrected chi connectivity index (χ3v) is 4.21. The Bertz CT molecular complexity index is 898. The summed E-state index contributed by atoms with van der Waals surface area (Å²) in [5, 5.41) is 9.60. The molecule has 0 amide bonds. The van der Waals surface area contributed by atoms with E-state index in [1.807, 2.05) is 13.0 Å².